The zero-order chi connectivity index (χ0) is 11.5. The molecule has 16 heavy (non-hydrogen) atoms. The minimum absolute atomic E-state index is 0.591. The van der Waals surface area contributed by atoms with Crippen LogP contribution >= 0.6 is 0 Å². The fourth-order valence-corrected chi connectivity index (χ4v) is 2.31. The molecule has 1 fully saturated rings. The molecule has 0 aliphatic carbocycles. The lowest BCUT2D eigenvalue weighted by atomic mass is 10.1. The van der Waals surface area contributed by atoms with Crippen LogP contribution in [0.15, 0.2) is 18.2 Å². The first kappa shape index (κ1) is 11.2. The van der Waals surface area contributed by atoms with Crippen molar-refractivity contribution in [2.45, 2.75) is 6.42 Å². The molecule has 4 heteroatoms. The molecule has 0 amide bonds. The van der Waals surface area contributed by atoms with E-state index in [-0.39, 0.29) is 0 Å². The number of hydrogen-bond acceptors (Lipinski definition) is 4. The molecule has 1 aromatic heterocycles. The van der Waals surface area contributed by atoms with E-state index < -0.39 is 0 Å². The van der Waals surface area contributed by atoms with E-state index in [1.54, 1.807) is 0 Å². The molecule has 1 aliphatic heterocycles. The highest BCUT2D eigenvalue weighted by Crippen LogP contribution is 2.18. The Morgan fingerprint density at radius 2 is 2.38 bits per heavy atom. The van der Waals surface area contributed by atoms with E-state index in [0.717, 1.165) is 18.3 Å². The standard InChI is InChI=1S/C12H20N4/c1-15-7-6-10(8-15)9-16(2)12-5-3-4-11(13)14-12/h3-5,10H,6-9H2,1-2H3,(H2,13,14). The second kappa shape index (κ2) is 4.70. The molecule has 1 aliphatic rings. The van der Waals surface area contributed by atoms with E-state index >= 15 is 0 Å². The molecule has 2 heterocycles. The van der Waals surface area contributed by atoms with Gasteiger partial charge in [0.15, 0.2) is 0 Å². The van der Waals surface area contributed by atoms with Crippen molar-refractivity contribution in [3.63, 3.8) is 0 Å². The molecule has 0 bridgehead atoms. The quantitative estimate of drug-likeness (QED) is 0.827. The number of likely N-dealkylation sites (tertiary alicyclic amines) is 1. The van der Waals surface area contributed by atoms with Crippen molar-refractivity contribution in [3.05, 3.63) is 18.2 Å². The molecular formula is C12H20N4. The van der Waals surface area contributed by atoms with Crippen molar-refractivity contribution in [2.24, 2.45) is 5.92 Å². The molecule has 1 atom stereocenters. The van der Waals surface area contributed by atoms with Crippen molar-refractivity contribution >= 4 is 11.6 Å². The van der Waals surface area contributed by atoms with Crippen molar-refractivity contribution < 1.29 is 0 Å². The minimum atomic E-state index is 0.591. The third-order valence-corrected chi connectivity index (χ3v) is 3.17. The van der Waals surface area contributed by atoms with Crippen LogP contribution < -0.4 is 10.6 Å². The highest BCUT2D eigenvalue weighted by Gasteiger charge is 2.21. The van der Waals surface area contributed by atoms with Gasteiger partial charge in [0, 0.05) is 20.1 Å². The molecule has 4 nitrogen and oxygen atoms in total. The van der Waals surface area contributed by atoms with E-state index in [1.807, 2.05) is 18.2 Å². The summed E-state index contributed by atoms with van der Waals surface area (Å²) < 4.78 is 0. The number of nitrogens with two attached hydrogens (primary N) is 1. The topological polar surface area (TPSA) is 45.4 Å². The third kappa shape index (κ3) is 2.64. The monoisotopic (exact) mass is 220 g/mol. The van der Waals surface area contributed by atoms with Crippen LogP contribution in [0.4, 0.5) is 11.6 Å². The number of aromatic nitrogens is 1. The highest BCUT2D eigenvalue weighted by atomic mass is 15.2. The van der Waals surface area contributed by atoms with Gasteiger partial charge in [-0.05, 0) is 38.1 Å². The average molecular weight is 220 g/mol. The summed E-state index contributed by atoms with van der Waals surface area (Å²) in [5.74, 6) is 2.31. The molecule has 2 N–H and O–H groups in total. The third-order valence-electron chi connectivity index (χ3n) is 3.17. The first-order valence-electron chi connectivity index (χ1n) is 5.77. The number of nitrogens with zero attached hydrogens (tertiary/aromatic N) is 3. The molecule has 0 saturated carbocycles. The van der Waals surface area contributed by atoms with E-state index in [1.165, 1.54) is 19.5 Å². The lowest BCUT2D eigenvalue weighted by Crippen LogP contribution is -2.27. The van der Waals surface area contributed by atoms with Gasteiger partial charge in [0.2, 0.25) is 0 Å². The Balaban J connectivity index is 1.95. The second-order valence-electron chi connectivity index (χ2n) is 4.72. The molecule has 0 aromatic carbocycles. The Hall–Kier alpha value is -1.29. The first-order valence-corrected chi connectivity index (χ1v) is 5.77. The maximum absolute atomic E-state index is 5.68. The maximum atomic E-state index is 5.68. The van der Waals surface area contributed by atoms with Crippen molar-refractivity contribution in [3.8, 4) is 0 Å². The van der Waals surface area contributed by atoms with Crippen LogP contribution in [0.5, 0.6) is 0 Å². The fraction of sp³-hybridized carbons (Fsp3) is 0.583. The summed E-state index contributed by atoms with van der Waals surface area (Å²) in [6.07, 6.45) is 1.28. The zero-order valence-electron chi connectivity index (χ0n) is 10.1. The fourth-order valence-electron chi connectivity index (χ4n) is 2.31. The summed E-state index contributed by atoms with van der Waals surface area (Å²) in [4.78, 5) is 8.90. The van der Waals surface area contributed by atoms with Gasteiger partial charge >= 0.3 is 0 Å². The number of rotatable bonds is 3. The Kier molecular flexibility index (Phi) is 3.29. The molecule has 2 rings (SSSR count). The van der Waals surface area contributed by atoms with Gasteiger partial charge in [-0.3, -0.25) is 0 Å². The Morgan fingerprint density at radius 3 is 3.00 bits per heavy atom. The van der Waals surface area contributed by atoms with Gasteiger partial charge in [-0.15, -0.1) is 0 Å². The first-order chi connectivity index (χ1) is 7.65. The van der Waals surface area contributed by atoms with Crippen LogP contribution in [0.1, 0.15) is 6.42 Å². The van der Waals surface area contributed by atoms with Gasteiger partial charge in [-0.2, -0.15) is 0 Å². The molecule has 1 aromatic rings. The van der Waals surface area contributed by atoms with E-state index in [4.69, 9.17) is 5.73 Å². The van der Waals surface area contributed by atoms with Gasteiger partial charge in [-0.25, -0.2) is 4.98 Å². The van der Waals surface area contributed by atoms with Gasteiger partial charge in [0.05, 0.1) is 0 Å². The van der Waals surface area contributed by atoms with Gasteiger partial charge in [0.25, 0.3) is 0 Å². The zero-order valence-corrected chi connectivity index (χ0v) is 10.1. The Morgan fingerprint density at radius 1 is 1.56 bits per heavy atom. The van der Waals surface area contributed by atoms with Crippen molar-refractivity contribution in [1.29, 1.82) is 0 Å². The summed E-state index contributed by atoms with van der Waals surface area (Å²) in [7, 11) is 4.26. The predicted octanol–water partition coefficient (Wildman–Crippen LogP) is 1.05. The summed E-state index contributed by atoms with van der Waals surface area (Å²) in [6, 6.07) is 5.78. The molecule has 1 unspecified atom stereocenters. The number of pyridine rings is 1. The Bertz CT molecular complexity index is 353. The van der Waals surface area contributed by atoms with Crippen molar-refractivity contribution in [1.82, 2.24) is 9.88 Å². The summed E-state index contributed by atoms with van der Waals surface area (Å²) in [5, 5.41) is 0. The van der Waals surface area contributed by atoms with Gasteiger partial charge < -0.3 is 15.5 Å². The number of anilines is 2. The molecule has 0 radical (unpaired) electrons. The van der Waals surface area contributed by atoms with Crippen LogP contribution in [0.2, 0.25) is 0 Å². The molecule has 1 saturated heterocycles. The summed E-state index contributed by atoms with van der Waals surface area (Å²) in [6.45, 7) is 3.45. The molecule has 88 valence electrons. The smallest absolute Gasteiger partial charge is 0.130 e. The second-order valence-corrected chi connectivity index (χ2v) is 4.72. The number of nitrogen functional groups attached to an aromatic ring is 1. The van der Waals surface area contributed by atoms with Crippen LogP contribution in [0, 0.1) is 5.92 Å². The normalized spacial score (nSPS) is 21.2. The predicted molar refractivity (Wildman–Crippen MR) is 67.5 cm³/mol. The lowest BCUT2D eigenvalue weighted by molar-refractivity contribution is 0.395. The van der Waals surface area contributed by atoms with E-state index in [9.17, 15) is 0 Å². The van der Waals surface area contributed by atoms with Crippen LogP contribution in [0.25, 0.3) is 0 Å². The summed E-state index contributed by atoms with van der Waals surface area (Å²) >= 11 is 0. The van der Waals surface area contributed by atoms with Crippen LogP contribution in [0.3, 0.4) is 0 Å². The number of hydrogen-bond donors (Lipinski definition) is 1. The average Bonchev–Trinajstić information content (AvgIpc) is 2.64. The van der Waals surface area contributed by atoms with E-state index in [0.29, 0.717) is 5.82 Å². The van der Waals surface area contributed by atoms with Gasteiger partial charge in [-0.1, -0.05) is 6.07 Å². The van der Waals surface area contributed by atoms with Crippen LogP contribution in [-0.4, -0.2) is 43.6 Å². The summed E-state index contributed by atoms with van der Waals surface area (Å²) in [5.41, 5.74) is 5.68. The minimum Gasteiger partial charge on any atom is -0.384 e. The Labute approximate surface area is 97.1 Å². The molecule has 0 spiro atoms. The van der Waals surface area contributed by atoms with Gasteiger partial charge in [0.1, 0.15) is 11.6 Å². The molecular weight excluding hydrogens is 200 g/mol. The van der Waals surface area contributed by atoms with Crippen LogP contribution in [-0.2, 0) is 0 Å². The SMILES string of the molecule is CN1CCC(CN(C)c2cccc(N)n2)C1. The van der Waals surface area contributed by atoms with E-state index in [2.05, 4.69) is 28.9 Å². The highest BCUT2D eigenvalue weighted by molar-refractivity contribution is 5.44. The largest absolute Gasteiger partial charge is 0.384 e. The maximum Gasteiger partial charge on any atom is 0.130 e. The van der Waals surface area contributed by atoms with Crippen molar-refractivity contribution in [2.75, 3.05) is 44.4 Å². The lowest BCUT2D eigenvalue weighted by Gasteiger charge is -2.22.